The Balaban J connectivity index is 1.78. The van der Waals surface area contributed by atoms with Crippen molar-refractivity contribution in [2.45, 2.75) is 32.4 Å². The first-order valence-electron chi connectivity index (χ1n) is 6.09. The van der Waals surface area contributed by atoms with E-state index in [1.807, 2.05) is 12.3 Å². The molecule has 1 fully saturated rings. The van der Waals surface area contributed by atoms with Crippen LogP contribution in [0, 0.1) is 6.92 Å². The van der Waals surface area contributed by atoms with Crippen LogP contribution < -0.4 is 5.32 Å². The second-order valence-corrected chi connectivity index (χ2v) is 4.67. The Hall–Kier alpha value is -0.930. The summed E-state index contributed by atoms with van der Waals surface area (Å²) in [6, 6.07) is 4.82. The molecule has 0 saturated carbocycles. The molecule has 88 valence electrons. The summed E-state index contributed by atoms with van der Waals surface area (Å²) < 4.78 is 0. The maximum absolute atomic E-state index is 4.39. The minimum Gasteiger partial charge on any atom is -0.310 e. The molecule has 1 atom stereocenters. The van der Waals surface area contributed by atoms with E-state index < -0.39 is 0 Å². The number of likely N-dealkylation sites (tertiary alicyclic amines) is 1. The van der Waals surface area contributed by atoms with Gasteiger partial charge in [-0.25, -0.2) is 0 Å². The molecule has 1 aromatic heterocycles. The van der Waals surface area contributed by atoms with E-state index >= 15 is 0 Å². The number of rotatable bonds is 4. The third-order valence-electron chi connectivity index (χ3n) is 3.46. The lowest BCUT2D eigenvalue weighted by Gasteiger charge is -2.19. The predicted molar refractivity (Wildman–Crippen MR) is 66.3 cm³/mol. The van der Waals surface area contributed by atoms with Gasteiger partial charge in [0.1, 0.15) is 0 Å². The summed E-state index contributed by atoms with van der Waals surface area (Å²) in [6.07, 6.45) is 4.53. The Morgan fingerprint density at radius 2 is 2.44 bits per heavy atom. The number of hydrogen-bond acceptors (Lipinski definition) is 3. The zero-order chi connectivity index (χ0) is 11.4. The molecule has 2 rings (SSSR count). The quantitative estimate of drug-likeness (QED) is 0.833. The standard InChI is InChI=1S/C13H21N3/c1-11-5-3-7-15-13(11)10-14-9-12-6-4-8-16(12)2/h3,5,7,12,14H,4,6,8-10H2,1-2H3. The number of aromatic nitrogens is 1. The van der Waals surface area contributed by atoms with Crippen molar-refractivity contribution in [2.75, 3.05) is 20.1 Å². The number of hydrogen-bond donors (Lipinski definition) is 1. The van der Waals surface area contributed by atoms with E-state index in [-0.39, 0.29) is 0 Å². The van der Waals surface area contributed by atoms with Crippen molar-refractivity contribution < 1.29 is 0 Å². The SMILES string of the molecule is Cc1cccnc1CNCC1CCCN1C. The molecule has 0 spiro atoms. The zero-order valence-corrected chi connectivity index (χ0v) is 10.2. The summed E-state index contributed by atoms with van der Waals surface area (Å²) in [5.74, 6) is 0. The smallest absolute Gasteiger partial charge is 0.0570 e. The Morgan fingerprint density at radius 3 is 3.12 bits per heavy atom. The lowest BCUT2D eigenvalue weighted by molar-refractivity contribution is 0.300. The Labute approximate surface area is 97.9 Å². The number of aryl methyl sites for hydroxylation is 1. The Kier molecular flexibility index (Phi) is 3.91. The molecular weight excluding hydrogens is 198 g/mol. The lowest BCUT2D eigenvalue weighted by atomic mass is 10.2. The van der Waals surface area contributed by atoms with Crippen LogP contribution in [0.2, 0.25) is 0 Å². The van der Waals surface area contributed by atoms with E-state index in [1.165, 1.54) is 30.6 Å². The molecule has 0 radical (unpaired) electrons. The summed E-state index contributed by atoms with van der Waals surface area (Å²) in [5, 5.41) is 3.51. The number of pyridine rings is 1. The fourth-order valence-electron chi connectivity index (χ4n) is 2.30. The van der Waals surface area contributed by atoms with Gasteiger partial charge < -0.3 is 10.2 Å². The Bertz CT molecular complexity index is 338. The van der Waals surface area contributed by atoms with Crippen molar-refractivity contribution in [3.05, 3.63) is 29.6 Å². The van der Waals surface area contributed by atoms with Crippen LogP contribution >= 0.6 is 0 Å². The fourth-order valence-corrected chi connectivity index (χ4v) is 2.30. The molecule has 0 aromatic carbocycles. The highest BCUT2D eigenvalue weighted by Gasteiger charge is 2.19. The van der Waals surface area contributed by atoms with Gasteiger partial charge in [0.05, 0.1) is 5.69 Å². The molecule has 0 amide bonds. The molecule has 16 heavy (non-hydrogen) atoms. The van der Waals surface area contributed by atoms with Crippen molar-refractivity contribution in [1.29, 1.82) is 0 Å². The minimum atomic E-state index is 0.712. The largest absolute Gasteiger partial charge is 0.310 e. The molecule has 1 aliphatic heterocycles. The summed E-state index contributed by atoms with van der Waals surface area (Å²) in [4.78, 5) is 6.83. The van der Waals surface area contributed by atoms with Gasteiger partial charge in [-0.15, -0.1) is 0 Å². The molecule has 1 aliphatic rings. The van der Waals surface area contributed by atoms with E-state index in [0.29, 0.717) is 6.04 Å². The van der Waals surface area contributed by atoms with Gasteiger partial charge in [-0.1, -0.05) is 6.07 Å². The van der Waals surface area contributed by atoms with Crippen molar-refractivity contribution >= 4 is 0 Å². The number of nitrogens with one attached hydrogen (secondary N) is 1. The van der Waals surface area contributed by atoms with Crippen molar-refractivity contribution in [2.24, 2.45) is 0 Å². The summed E-state index contributed by atoms with van der Waals surface area (Å²) in [7, 11) is 2.21. The van der Waals surface area contributed by atoms with E-state index in [9.17, 15) is 0 Å². The van der Waals surface area contributed by atoms with E-state index in [0.717, 1.165) is 13.1 Å². The predicted octanol–water partition coefficient (Wildman–Crippen LogP) is 1.57. The Morgan fingerprint density at radius 1 is 1.56 bits per heavy atom. The molecule has 3 heteroatoms. The van der Waals surface area contributed by atoms with Gasteiger partial charge in [0, 0.05) is 25.3 Å². The average Bonchev–Trinajstić information content (AvgIpc) is 2.67. The molecule has 2 heterocycles. The molecular formula is C13H21N3. The lowest BCUT2D eigenvalue weighted by Crippen LogP contribution is -2.35. The molecule has 1 saturated heterocycles. The van der Waals surface area contributed by atoms with Gasteiger partial charge in [-0.05, 0) is 45.0 Å². The molecule has 0 aliphatic carbocycles. The van der Waals surface area contributed by atoms with Crippen molar-refractivity contribution in [1.82, 2.24) is 15.2 Å². The van der Waals surface area contributed by atoms with E-state index in [4.69, 9.17) is 0 Å². The van der Waals surface area contributed by atoms with Crippen LogP contribution in [0.25, 0.3) is 0 Å². The third-order valence-corrected chi connectivity index (χ3v) is 3.46. The van der Waals surface area contributed by atoms with Crippen LogP contribution in [0.15, 0.2) is 18.3 Å². The maximum Gasteiger partial charge on any atom is 0.0570 e. The minimum absolute atomic E-state index is 0.712. The topological polar surface area (TPSA) is 28.2 Å². The van der Waals surface area contributed by atoms with Crippen molar-refractivity contribution in [3.8, 4) is 0 Å². The van der Waals surface area contributed by atoms with Crippen LogP contribution in [-0.4, -0.2) is 36.1 Å². The maximum atomic E-state index is 4.39. The molecule has 1 unspecified atom stereocenters. The second-order valence-electron chi connectivity index (χ2n) is 4.67. The first kappa shape index (κ1) is 11.6. The van der Waals surface area contributed by atoms with Crippen LogP contribution in [0.4, 0.5) is 0 Å². The highest BCUT2D eigenvalue weighted by Crippen LogP contribution is 2.13. The van der Waals surface area contributed by atoms with E-state index in [1.54, 1.807) is 0 Å². The highest BCUT2D eigenvalue weighted by molar-refractivity contribution is 5.17. The highest BCUT2D eigenvalue weighted by atomic mass is 15.2. The number of nitrogens with zero attached hydrogens (tertiary/aromatic N) is 2. The van der Waals surface area contributed by atoms with Gasteiger partial charge >= 0.3 is 0 Å². The van der Waals surface area contributed by atoms with Gasteiger partial charge in [0.2, 0.25) is 0 Å². The molecule has 1 N–H and O–H groups in total. The first-order valence-corrected chi connectivity index (χ1v) is 6.09. The molecule has 0 bridgehead atoms. The zero-order valence-electron chi connectivity index (χ0n) is 10.2. The molecule has 1 aromatic rings. The first-order chi connectivity index (χ1) is 7.77. The normalized spacial score (nSPS) is 21.5. The van der Waals surface area contributed by atoms with E-state index in [2.05, 4.69) is 35.2 Å². The number of likely N-dealkylation sites (N-methyl/N-ethyl adjacent to an activating group) is 1. The summed E-state index contributed by atoms with van der Waals surface area (Å²) >= 11 is 0. The summed E-state index contributed by atoms with van der Waals surface area (Å²) in [6.45, 7) is 5.32. The van der Waals surface area contributed by atoms with Crippen LogP contribution in [-0.2, 0) is 6.54 Å². The summed E-state index contributed by atoms with van der Waals surface area (Å²) in [5.41, 5.74) is 2.44. The van der Waals surface area contributed by atoms with Gasteiger partial charge in [-0.2, -0.15) is 0 Å². The fraction of sp³-hybridized carbons (Fsp3) is 0.615. The van der Waals surface area contributed by atoms with Gasteiger partial charge in [-0.3, -0.25) is 4.98 Å². The monoisotopic (exact) mass is 219 g/mol. The van der Waals surface area contributed by atoms with Crippen LogP contribution in [0.5, 0.6) is 0 Å². The molecule has 3 nitrogen and oxygen atoms in total. The second kappa shape index (κ2) is 5.41. The van der Waals surface area contributed by atoms with Gasteiger partial charge in [0.25, 0.3) is 0 Å². The third kappa shape index (κ3) is 2.80. The van der Waals surface area contributed by atoms with Crippen molar-refractivity contribution in [3.63, 3.8) is 0 Å². The van der Waals surface area contributed by atoms with Gasteiger partial charge in [0.15, 0.2) is 0 Å². The average molecular weight is 219 g/mol. The van der Waals surface area contributed by atoms with Crippen LogP contribution in [0.1, 0.15) is 24.1 Å². The van der Waals surface area contributed by atoms with Crippen LogP contribution in [0.3, 0.4) is 0 Å².